The first-order chi connectivity index (χ1) is 17.3. The summed E-state index contributed by atoms with van der Waals surface area (Å²) in [5, 5.41) is 10.3. The highest BCUT2D eigenvalue weighted by molar-refractivity contribution is 5.83. The maximum absolute atomic E-state index is 14.6. The topological polar surface area (TPSA) is 62.7 Å². The molecule has 3 aromatic rings. The van der Waals surface area contributed by atoms with Crippen LogP contribution in [0.1, 0.15) is 24.0 Å². The van der Waals surface area contributed by atoms with Crippen LogP contribution < -0.4 is 4.74 Å². The monoisotopic (exact) mass is 504 g/mol. The minimum absolute atomic E-state index is 0.0107. The van der Waals surface area contributed by atoms with Crippen molar-refractivity contribution in [2.24, 2.45) is 5.92 Å². The number of benzene rings is 2. The lowest BCUT2D eigenvalue weighted by atomic mass is 9.97. The van der Waals surface area contributed by atoms with Crippen LogP contribution in [0, 0.1) is 23.4 Å². The molecule has 0 fully saturated rings. The Hall–Kier alpha value is -3.46. The highest BCUT2D eigenvalue weighted by Gasteiger charge is 2.21. The number of ether oxygens (including phenoxy) is 1. The van der Waals surface area contributed by atoms with Crippen molar-refractivity contribution in [3.05, 3.63) is 77.2 Å². The molecule has 0 amide bonds. The van der Waals surface area contributed by atoms with Crippen molar-refractivity contribution in [1.29, 1.82) is 0 Å². The molecule has 192 valence electrons. The van der Waals surface area contributed by atoms with Gasteiger partial charge in [-0.05, 0) is 61.2 Å². The number of aliphatic carboxylic acids is 1. The van der Waals surface area contributed by atoms with Gasteiger partial charge in [-0.15, -0.1) is 0 Å². The zero-order chi connectivity index (χ0) is 26.1. The zero-order valence-corrected chi connectivity index (χ0v) is 19.9. The van der Waals surface area contributed by atoms with E-state index in [0.29, 0.717) is 35.1 Å². The first-order valence-electron chi connectivity index (χ1n) is 11.6. The Bertz CT molecular complexity index is 1220. The quantitative estimate of drug-likeness (QED) is 0.304. The Morgan fingerprint density at radius 3 is 2.69 bits per heavy atom. The van der Waals surface area contributed by atoms with Crippen LogP contribution in [0.5, 0.6) is 5.75 Å². The lowest BCUT2D eigenvalue weighted by Crippen LogP contribution is -2.35. The number of hydrogen-bond donors (Lipinski definition) is 1. The maximum Gasteiger partial charge on any atom is 0.307 e. The van der Waals surface area contributed by atoms with Crippen LogP contribution in [-0.2, 0) is 11.2 Å². The number of methoxy groups -OCH3 is 1. The van der Waals surface area contributed by atoms with E-state index in [1.807, 2.05) is 0 Å². The number of carboxylic acids is 1. The number of carbonyl (C=O) groups is 1. The second-order valence-corrected chi connectivity index (χ2v) is 8.41. The summed E-state index contributed by atoms with van der Waals surface area (Å²) >= 11 is 0. The molecule has 0 radical (unpaired) electrons. The Morgan fingerprint density at radius 1 is 1.17 bits per heavy atom. The predicted octanol–water partition coefficient (Wildman–Crippen LogP) is 5.67. The van der Waals surface area contributed by atoms with Gasteiger partial charge in [0.25, 0.3) is 0 Å². The van der Waals surface area contributed by atoms with E-state index in [1.54, 1.807) is 23.1 Å². The molecule has 0 saturated carbocycles. The summed E-state index contributed by atoms with van der Waals surface area (Å²) in [5.41, 5.74) is 1.09. The fourth-order valence-corrected chi connectivity index (χ4v) is 4.06. The van der Waals surface area contributed by atoms with Crippen LogP contribution in [0.25, 0.3) is 17.0 Å². The second kappa shape index (κ2) is 13.0. The van der Waals surface area contributed by atoms with Crippen molar-refractivity contribution in [2.45, 2.75) is 19.3 Å². The number of carboxylic acid groups (broad SMARTS) is 1. The van der Waals surface area contributed by atoms with Crippen molar-refractivity contribution >= 4 is 22.9 Å². The molecule has 0 aliphatic heterocycles. The van der Waals surface area contributed by atoms with Gasteiger partial charge in [0.15, 0.2) is 0 Å². The highest BCUT2D eigenvalue weighted by Crippen LogP contribution is 2.26. The van der Waals surface area contributed by atoms with E-state index < -0.39 is 36.0 Å². The van der Waals surface area contributed by atoms with Gasteiger partial charge in [-0.3, -0.25) is 14.7 Å². The Labute approximate surface area is 207 Å². The van der Waals surface area contributed by atoms with E-state index in [4.69, 9.17) is 4.74 Å². The molecule has 1 aromatic heterocycles. The number of pyridine rings is 1. The number of fused-ring (bicyclic) bond motifs is 1. The summed E-state index contributed by atoms with van der Waals surface area (Å²) in [6.07, 6.45) is 4.99. The van der Waals surface area contributed by atoms with Gasteiger partial charge in [-0.2, -0.15) is 0 Å². The van der Waals surface area contributed by atoms with E-state index in [1.165, 1.54) is 19.3 Å². The molecule has 1 atom stereocenters. The standard InChI is InChI=1S/C27H28F4N2O3/c1-36-21-8-10-26-23(15-21)22(25(31)16-32-26)6-2-4-19(27(34)35)17-33(13-11-28)12-3-5-18-14-20(29)7-9-24(18)30/h3,5,7-10,14-16,19H,2,4,6,11-13,17H2,1H3,(H,34,35). The summed E-state index contributed by atoms with van der Waals surface area (Å²) in [4.78, 5) is 17.6. The van der Waals surface area contributed by atoms with E-state index >= 15 is 0 Å². The molecule has 0 saturated heterocycles. The summed E-state index contributed by atoms with van der Waals surface area (Å²) in [6, 6.07) is 8.23. The molecule has 1 N–H and O–H groups in total. The van der Waals surface area contributed by atoms with Crippen molar-refractivity contribution < 1.29 is 32.2 Å². The fraction of sp³-hybridized carbons (Fsp3) is 0.333. The average molecular weight is 505 g/mol. The SMILES string of the molecule is COc1ccc2ncc(F)c(CCCC(CN(CC=Cc3cc(F)ccc3F)CCF)C(=O)O)c2c1. The van der Waals surface area contributed by atoms with Gasteiger partial charge >= 0.3 is 5.97 Å². The third kappa shape index (κ3) is 7.27. The van der Waals surface area contributed by atoms with Crippen molar-refractivity contribution in [3.63, 3.8) is 0 Å². The summed E-state index contributed by atoms with van der Waals surface area (Å²) in [5.74, 6) is -2.95. The molecule has 36 heavy (non-hydrogen) atoms. The molecule has 0 aliphatic carbocycles. The lowest BCUT2D eigenvalue weighted by Gasteiger charge is -2.23. The van der Waals surface area contributed by atoms with Gasteiger partial charge in [-0.1, -0.05) is 12.2 Å². The molecule has 0 bridgehead atoms. The van der Waals surface area contributed by atoms with Crippen molar-refractivity contribution in [2.75, 3.05) is 33.4 Å². The van der Waals surface area contributed by atoms with Crippen LogP contribution >= 0.6 is 0 Å². The van der Waals surface area contributed by atoms with Crippen LogP contribution in [0.15, 0.2) is 48.7 Å². The fourth-order valence-electron chi connectivity index (χ4n) is 4.06. The summed E-state index contributed by atoms with van der Waals surface area (Å²) < 4.78 is 60.0. The molecule has 3 rings (SSSR count). The van der Waals surface area contributed by atoms with Crippen LogP contribution in [0.2, 0.25) is 0 Å². The number of hydrogen-bond acceptors (Lipinski definition) is 4. The van der Waals surface area contributed by atoms with Gasteiger partial charge in [0.05, 0.1) is 24.7 Å². The lowest BCUT2D eigenvalue weighted by molar-refractivity contribution is -0.142. The first kappa shape index (κ1) is 27.1. The molecule has 1 unspecified atom stereocenters. The molecule has 0 aliphatic rings. The number of aryl methyl sites for hydroxylation is 1. The number of nitrogens with zero attached hydrogens (tertiary/aromatic N) is 2. The molecule has 9 heteroatoms. The van der Waals surface area contributed by atoms with E-state index in [-0.39, 0.29) is 31.6 Å². The number of halogens is 4. The summed E-state index contributed by atoms with van der Waals surface area (Å²) in [7, 11) is 1.51. The van der Waals surface area contributed by atoms with Crippen molar-refractivity contribution in [3.8, 4) is 5.75 Å². The Kier molecular flexibility index (Phi) is 9.81. The second-order valence-electron chi connectivity index (χ2n) is 8.41. The normalized spacial score (nSPS) is 12.5. The number of aromatic nitrogens is 1. The molecular weight excluding hydrogens is 476 g/mol. The zero-order valence-electron chi connectivity index (χ0n) is 19.9. The molecule has 1 heterocycles. The third-order valence-corrected chi connectivity index (χ3v) is 5.96. The maximum atomic E-state index is 14.6. The number of rotatable bonds is 13. The van der Waals surface area contributed by atoms with E-state index in [0.717, 1.165) is 24.4 Å². The van der Waals surface area contributed by atoms with Crippen molar-refractivity contribution in [1.82, 2.24) is 9.88 Å². The Balaban J connectivity index is 1.65. The average Bonchev–Trinajstić information content (AvgIpc) is 2.86. The van der Waals surface area contributed by atoms with Crippen LogP contribution in [0.4, 0.5) is 17.6 Å². The largest absolute Gasteiger partial charge is 0.497 e. The van der Waals surface area contributed by atoms with E-state index in [2.05, 4.69) is 4.98 Å². The Morgan fingerprint density at radius 2 is 1.97 bits per heavy atom. The van der Waals surface area contributed by atoms with E-state index in [9.17, 15) is 27.5 Å². The number of alkyl halides is 1. The first-order valence-corrected chi connectivity index (χ1v) is 11.6. The molecule has 0 spiro atoms. The molecule has 2 aromatic carbocycles. The van der Waals surface area contributed by atoms with Crippen LogP contribution in [0.3, 0.4) is 0 Å². The minimum atomic E-state index is -1.04. The van der Waals surface area contributed by atoms with Gasteiger partial charge in [0, 0.05) is 30.6 Å². The van der Waals surface area contributed by atoms with Crippen LogP contribution in [-0.4, -0.2) is 54.4 Å². The molecule has 5 nitrogen and oxygen atoms in total. The molecular formula is C27H28F4N2O3. The minimum Gasteiger partial charge on any atom is -0.497 e. The predicted molar refractivity (Wildman–Crippen MR) is 130 cm³/mol. The van der Waals surface area contributed by atoms with Gasteiger partial charge < -0.3 is 9.84 Å². The van der Waals surface area contributed by atoms with Gasteiger partial charge in [0.1, 0.15) is 29.9 Å². The van der Waals surface area contributed by atoms with Gasteiger partial charge in [0.2, 0.25) is 0 Å². The summed E-state index contributed by atoms with van der Waals surface area (Å²) in [6.45, 7) is -0.483. The smallest absolute Gasteiger partial charge is 0.307 e. The third-order valence-electron chi connectivity index (χ3n) is 5.96. The van der Waals surface area contributed by atoms with Gasteiger partial charge in [-0.25, -0.2) is 17.6 Å². The highest BCUT2D eigenvalue weighted by atomic mass is 19.1.